The fraction of sp³-hybridized carbons (Fsp3) is 0.529. The van der Waals surface area contributed by atoms with Crippen LogP contribution in [-0.4, -0.2) is 42.4 Å². The lowest BCUT2D eigenvalue weighted by molar-refractivity contribution is -0.142. The van der Waals surface area contributed by atoms with Crippen LogP contribution in [0.25, 0.3) is 0 Å². The van der Waals surface area contributed by atoms with E-state index >= 15 is 0 Å². The van der Waals surface area contributed by atoms with Crippen molar-refractivity contribution >= 4 is 11.7 Å². The summed E-state index contributed by atoms with van der Waals surface area (Å²) in [6, 6.07) is 3.18. The van der Waals surface area contributed by atoms with Crippen molar-refractivity contribution in [3.8, 4) is 0 Å². The molecule has 2 aliphatic heterocycles. The minimum Gasteiger partial charge on any atom is -0.368 e. The summed E-state index contributed by atoms with van der Waals surface area (Å²) in [6.45, 7) is 1.53. The van der Waals surface area contributed by atoms with Gasteiger partial charge in [0.15, 0.2) is 17.4 Å². The number of carbonyl (C=O) groups is 2. The molecule has 6 heteroatoms. The Labute approximate surface area is 133 Å². The lowest BCUT2D eigenvalue weighted by atomic mass is 9.89. The number of ether oxygens (including phenoxy) is 1. The van der Waals surface area contributed by atoms with Crippen molar-refractivity contribution in [3.05, 3.63) is 35.4 Å². The number of amides is 1. The monoisotopic (exact) mass is 323 g/mol. The molecule has 1 amide bonds. The van der Waals surface area contributed by atoms with E-state index in [9.17, 15) is 18.4 Å². The van der Waals surface area contributed by atoms with E-state index in [1.807, 2.05) is 0 Å². The smallest absolute Gasteiger partial charge is 0.251 e. The topological polar surface area (TPSA) is 46.6 Å². The van der Waals surface area contributed by atoms with E-state index in [2.05, 4.69) is 0 Å². The number of Topliss-reactive ketones (excluding diaryl/α,β-unsaturated/α-hetero) is 1. The predicted octanol–water partition coefficient (Wildman–Crippen LogP) is 2.57. The fourth-order valence-corrected chi connectivity index (χ4v) is 3.25. The third kappa shape index (κ3) is 3.42. The highest BCUT2D eigenvalue weighted by molar-refractivity contribution is 5.98. The van der Waals surface area contributed by atoms with Gasteiger partial charge in [0.25, 0.3) is 5.91 Å². The molecule has 0 spiro atoms. The lowest BCUT2D eigenvalue weighted by Crippen LogP contribution is -2.46. The van der Waals surface area contributed by atoms with Gasteiger partial charge in [-0.1, -0.05) is 0 Å². The second kappa shape index (κ2) is 6.74. The van der Waals surface area contributed by atoms with Gasteiger partial charge in [-0.2, -0.15) is 0 Å². The summed E-state index contributed by atoms with van der Waals surface area (Å²) in [4.78, 5) is 26.5. The molecule has 1 aromatic carbocycles. The van der Waals surface area contributed by atoms with E-state index in [4.69, 9.17) is 4.74 Å². The molecule has 124 valence electrons. The molecule has 0 saturated carbocycles. The van der Waals surface area contributed by atoms with Crippen LogP contribution in [0.4, 0.5) is 8.78 Å². The molecule has 2 saturated heterocycles. The van der Waals surface area contributed by atoms with Crippen LogP contribution in [-0.2, 0) is 9.53 Å². The molecule has 2 fully saturated rings. The Balaban J connectivity index is 1.68. The highest BCUT2D eigenvalue weighted by Gasteiger charge is 2.34. The number of nitrogens with zero attached hydrogens (tertiary/aromatic N) is 1. The maximum atomic E-state index is 13.3. The largest absolute Gasteiger partial charge is 0.368 e. The van der Waals surface area contributed by atoms with Crippen molar-refractivity contribution in [2.24, 2.45) is 5.92 Å². The first-order valence-electron chi connectivity index (χ1n) is 7.96. The number of piperidine rings is 1. The Morgan fingerprint density at radius 3 is 2.65 bits per heavy atom. The Morgan fingerprint density at radius 2 is 1.96 bits per heavy atom. The zero-order valence-corrected chi connectivity index (χ0v) is 12.8. The first-order valence-corrected chi connectivity index (χ1v) is 7.96. The number of ketones is 1. The standard InChI is InChI=1S/C17H19F2NO3/c18-13-6-5-11(9-14(13)19)16(21)12-3-1-7-20(10-12)17(22)15-4-2-8-23-15/h5-6,9,12,15H,1-4,7-8,10H2. The Kier molecular flexibility index (Phi) is 4.71. The van der Waals surface area contributed by atoms with Gasteiger partial charge in [0, 0.05) is 31.2 Å². The first kappa shape index (κ1) is 16.1. The van der Waals surface area contributed by atoms with Crippen molar-refractivity contribution in [2.45, 2.75) is 31.8 Å². The Bertz CT molecular complexity index is 614. The molecular weight excluding hydrogens is 304 g/mol. The molecule has 23 heavy (non-hydrogen) atoms. The highest BCUT2D eigenvalue weighted by atomic mass is 19.2. The molecule has 2 heterocycles. The minimum absolute atomic E-state index is 0.0645. The van der Waals surface area contributed by atoms with Crippen LogP contribution in [0.3, 0.4) is 0 Å². The van der Waals surface area contributed by atoms with Gasteiger partial charge in [-0.05, 0) is 43.9 Å². The molecule has 2 aliphatic rings. The van der Waals surface area contributed by atoms with Gasteiger partial charge in [-0.25, -0.2) is 8.78 Å². The summed E-state index contributed by atoms with van der Waals surface area (Å²) in [5.74, 6) is -2.68. The molecule has 0 bridgehead atoms. The fourth-order valence-electron chi connectivity index (χ4n) is 3.25. The molecule has 0 aromatic heterocycles. The SMILES string of the molecule is O=C(c1ccc(F)c(F)c1)C1CCCN(C(=O)C2CCCO2)C1. The van der Waals surface area contributed by atoms with Gasteiger partial charge < -0.3 is 9.64 Å². The number of hydrogen-bond donors (Lipinski definition) is 0. The van der Waals surface area contributed by atoms with Gasteiger partial charge >= 0.3 is 0 Å². The molecular formula is C17H19F2NO3. The van der Waals surface area contributed by atoms with Crippen LogP contribution in [0.1, 0.15) is 36.0 Å². The lowest BCUT2D eigenvalue weighted by Gasteiger charge is -2.33. The zero-order chi connectivity index (χ0) is 16.4. The van der Waals surface area contributed by atoms with E-state index in [1.54, 1.807) is 4.90 Å². The van der Waals surface area contributed by atoms with Gasteiger partial charge in [0.05, 0.1) is 0 Å². The molecule has 3 rings (SSSR count). The maximum Gasteiger partial charge on any atom is 0.251 e. The first-order chi connectivity index (χ1) is 11.1. The third-order valence-corrected chi connectivity index (χ3v) is 4.51. The Morgan fingerprint density at radius 1 is 1.13 bits per heavy atom. The molecule has 4 nitrogen and oxygen atoms in total. The van der Waals surface area contributed by atoms with Crippen LogP contribution in [0.2, 0.25) is 0 Å². The summed E-state index contributed by atoms with van der Waals surface area (Å²) in [7, 11) is 0. The zero-order valence-electron chi connectivity index (χ0n) is 12.8. The number of carbonyl (C=O) groups excluding carboxylic acids is 2. The van der Waals surface area contributed by atoms with Gasteiger partial charge in [0.2, 0.25) is 0 Å². The average molecular weight is 323 g/mol. The quantitative estimate of drug-likeness (QED) is 0.803. The number of rotatable bonds is 3. The normalized spacial score (nSPS) is 24.7. The van der Waals surface area contributed by atoms with Gasteiger partial charge in [-0.3, -0.25) is 9.59 Å². The van der Waals surface area contributed by atoms with Gasteiger partial charge in [0.1, 0.15) is 6.10 Å². The van der Waals surface area contributed by atoms with Crippen molar-refractivity contribution < 1.29 is 23.1 Å². The van der Waals surface area contributed by atoms with Crippen LogP contribution < -0.4 is 0 Å². The van der Waals surface area contributed by atoms with Crippen molar-refractivity contribution in [3.63, 3.8) is 0 Å². The second-order valence-electron chi connectivity index (χ2n) is 6.12. The predicted molar refractivity (Wildman–Crippen MR) is 79.0 cm³/mol. The molecule has 1 aromatic rings. The molecule has 2 atom stereocenters. The van der Waals surface area contributed by atoms with Crippen LogP contribution in [0.5, 0.6) is 0 Å². The van der Waals surface area contributed by atoms with Crippen LogP contribution in [0, 0.1) is 17.6 Å². The van der Waals surface area contributed by atoms with Crippen LogP contribution >= 0.6 is 0 Å². The number of likely N-dealkylation sites (tertiary alicyclic amines) is 1. The molecule has 0 N–H and O–H groups in total. The molecule has 0 aliphatic carbocycles. The average Bonchev–Trinajstić information content (AvgIpc) is 3.10. The van der Waals surface area contributed by atoms with E-state index in [-0.39, 0.29) is 23.2 Å². The minimum atomic E-state index is -1.03. The summed E-state index contributed by atoms with van der Waals surface area (Å²) < 4.78 is 31.7. The van der Waals surface area contributed by atoms with E-state index in [1.165, 1.54) is 6.07 Å². The molecule has 0 radical (unpaired) electrons. The maximum absolute atomic E-state index is 13.3. The number of hydrogen-bond acceptors (Lipinski definition) is 3. The summed E-state index contributed by atoms with van der Waals surface area (Å²) in [5, 5.41) is 0. The Hall–Kier alpha value is -1.82. The summed E-state index contributed by atoms with van der Waals surface area (Å²) >= 11 is 0. The number of halogens is 2. The van der Waals surface area contributed by atoms with Crippen molar-refractivity contribution in [1.82, 2.24) is 4.90 Å². The van der Waals surface area contributed by atoms with Crippen molar-refractivity contribution in [1.29, 1.82) is 0 Å². The van der Waals surface area contributed by atoms with E-state index in [0.717, 1.165) is 31.4 Å². The van der Waals surface area contributed by atoms with Crippen LogP contribution in [0.15, 0.2) is 18.2 Å². The van der Waals surface area contributed by atoms with Crippen molar-refractivity contribution in [2.75, 3.05) is 19.7 Å². The van der Waals surface area contributed by atoms with E-state index in [0.29, 0.717) is 26.1 Å². The highest BCUT2D eigenvalue weighted by Crippen LogP contribution is 2.24. The van der Waals surface area contributed by atoms with Gasteiger partial charge in [-0.15, -0.1) is 0 Å². The number of benzene rings is 1. The second-order valence-corrected chi connectivity index (χ2v) is 6.12. The summed E-state index contributed by atoms with van der Waals surface area (Å²) in [6.07, 6.45) is 2.57. The van der Waals surface area contributed by atoms with E-state index < -0.39 is 17.7 Å². The summed E-state index contributed by atoms with van der Waals surface area (Å²) in [5.41, 5.74) is 0.153. The molecule has 2 unspecified atom stereocenters. The third-order valence-electron chi connectivity index (χ3n) is 4.51.